The van der Waals surface area contributed by atoms with Gasteiger partial charge < -0.3 is 5.32 Å². The lowest BCUT2D eigenvalue weighted by atomic mass is 10.1. The number of hydrogen-bond acceptors (Lipinski definition) is 5. The Morgan fingerprint density at radius 1 is 1.65 bits per heavy atom. The molecule has 0 unspecified atom stereocenters. The number of rotatable bonds is 4. The SMILES string of the molecule is CC1=CCN(CCNC(=O)c2csnn2)CC1. The van der Waals surface area contributed by atoms with E-state index in [1.165, 1.54) is 17.1 Å². The van der Waals surface area contributed by atoms with Crippen LogP contribution >= 0.6 is 11.5 Å². The molecule has 0 atom stereocenters. The zero-order valence-electron chi connectivity index (χ0n) is 9.85. The summed E-state index contributed by atoms with van der Waals surface area (Å²) >= 11 is 1.19. The molecule has 0 aliphatic carbocycles. The quantitative estimate of drug-likeness (QED) is 0.810. The van der Waals surface area contributed by atoms with E-state index in [9.17, 15) is 4.79 Å². The second-order valence-corrected chi connectivity index (χ2v) is 4.76. The minimum Gasteiger partial charge on any atom is -0.349 e. The highest BCUT2D eigenvalue weighted by Crippen LogP contribution is 2.08. The molecule has 0 spiro atoms. The summed E-state index contributed by atoms with van der Waals surface area (Å²) in [7, 11) is 0. The molecule has 0 saturated carbocycles. The van der Waals surface area contributed by atoms with Gasteiger partial charge in [-0.15, -0.1) is 5.10 Å². The maximum absolute atomic E-state index is 11.6. The highest BCUT2D eigenvalue weighted by atomic mass is 32.1. The number of carbonyl (C=O) groups excluding carboxylic acids is 1. The van der Waals surface area contributed by atoms with Gasteiger partial charge in [0.25, 0.3) is 5.91 Å². The molecule has 2 heterocycles. The van der Waals surface area contributed by atoms with Gasteiger partial charge in [-0.2, -0.15) is 0 Å². The number of carbonyl (C=O) groups is 1. The first-order chi connectivity index (χ1) is 8.25. The molecule has 2 rings (SSSR count). The van der Waals surface area contributed by atoms with E-state index < -0.39 is 0 Å². The zero-order valence-corrected chi connectivity index (χ0v) is 10.7. The molecular formula is C11H16N4OS. The van der Waals surface area contributed by atoms with Crippen molar-refractivity contribution in [3.8, 4) is 0 Å². The summed E-state index contributed by atoms with van der Waals surface area (Å²) in [5, 5.41) is 8.23. The maximum Gasteiger partial charge on any atom is 0.272 e. The van der Waals surface area contributed by atoms with E-state index in [2.05, 4.69) is 32.8 Å². The third-order valence-electron chi connectivity index (χ3n) is 2.83. The first-order valence-electron chi connectivity index (χ1n) is 5.69. The summed E-state index contributed by atoms with van der Waals surface area (Å²) in [5.74, 6) is -0.137. The van der Waals surface area contributed by atoms with Gasteiger partial charge in [-0.3, -0.25) is 9.69 Å². The average molecular weight is 252 g/mol. The largest absolute Gasteiger partial charge is 0.349 e. The van der Waals surface area contributed by atoms with Crippen molar-refractivity contribution in [2.24, 2.45) is 0 Å². The maximum atomic E-state index is 11.6. The number of amides is 1. The van der Waals surface area contributed by atoms with Gasteiger partial charge in [-0.25, -0.2) is 0 Å². The van der Waals surface area contributed by atoms with Gasteiger partial charge in [0.05, 0.1) is 0 Å². The van der Waals surface area contributed by atoms with Gasteiger partial charge in [0.15, 0.2) is 5.69 Å². The molecule has 92 valence electrons. The average Bonchev–Trinajstić information content (AvgIpc) is 2.85. The van der Waals surface area contributed by atoms with E-state index in [1.54, 1.807) is 5.38 Å². The summed E-state index contributed by atoms with van der Waals surface area (Å²) in [6.45, 7) is 5.76. The standard InChI is InChI=1S/C11H16N4OS/c1-9-2-5-15(6-3-9)7-4-12-11(16)10-8-17-14-13-10/h2,8H,3-7H2,1H3,(H,12,16). The minimum atomic E-state index is -0.137. The van der Waals surface area contributed by atoms with Crippen molar-refractivity contribution < 1.29 is 4.79 Å². The van der Waals surface area contributed by atoms with Crippen LogP contribution in [0.1, 0.15) is 23.8 Å². The fraction of sp³-hybridized carbons (Fsp3) is 0.545. The van der Waals surface area contributed by atoms with Crippen LogP contribution in [0.2, 0.25) is 0 Å². The number of nitrogens with zero attached hydrogens (tertiary/aromatic N) is 3. The van der Waals surface area contributed by atoms with E-state index in [4.69, 9.17) is 0 Å². The fourth-order valence-electron chi connectivity index (χ4n) is 1.70. The summed E-state index contributed by atoms with van der Waals surface area (Å²) in [5.41, 5.74) is 1.86. The summed E-state index contributed by atoms with van der Waals surface area (Å²) < 4.78 is 3.66. The van der Waals surface area contributed by atoms with Crippen molar-refractivity contribution in [2.45, 2.75) is 13.3 Å². The Morgan fingerprint density at radius 2 is 2.53 bits per heavy atom. The highest BCUT2D eigenvalue weighted by molar-refractivity contribution is 7.03. The number of hydrogen-bond donors (Lipinski definition) is 1. The van der Waals surface area contributed by atoms with Crippen molar-refractivity contribution in [2.75, 3.05) is 26.2 Å². The zero-order chi connectivity index (χ0) is 12.1. The predicted octanol–water partition coefficient (Wildman–Crippen LogP) is 0.920. The van der Waals surface area contributed by atoms with Gasteiger partial charge in [-0.1, -0.05) is 16.1 Å². The normalized spacial score (nSPS) is 16.6. The van der Waals surface area contributed by atoms with Gasteiger partial charge in [0, 0.05) is 31.6 Å². The molecule has 1 aromatic heterocycles. The molecule has 1 aromatic rings. The van der Waals surface area contributed by atoms with Crippen LogP contribution < -0.4 is 5.32 Å². The minimum absolute atomic E-state index is 0.137. The second-order valence-electron chi connectivity index (χ2n) is 4.15. The smallest absolute Gasteiger partial charge is 0.272 e. The summed E-state index contributed by atoms with van der Waals surface area (Å²) in [6.07, 6.45) is 3.37. The van der Waals surface area contributed by atoms with Crippen LogP contribution in [0.15, 0.2) is 17.0 Å². The lowest BCUT2D eigenvalue weighted by molar-refractivity contribution is 0.0944. The summed E-state index contributed by atoms with van der Waals surface area (Å²) in [4.78, 5) is 13.9. The molecular weight excluding hydrogens is 236 g/mol. The third-order valence-corrected chi connectivity index (χ3v) is 3.33. The predicted molar refractivity (Wildman–Crippen MR) is 67.1 cm³/mol. The van der Waals surface area contributed by atoms with Gasteiger partial charge in [0.1, 0.15) is 0 Å². The fourth-order valence-corrected chi connectivity index (χ4v) is 2.13. The Bertz CT molecular complexity index is 402. The Kier molecular flexibility index (Phi) is 4.22. The molecule has 0 radical (unpaired) electrons. The lowest BCUT2D eigenvalue weighted by Crippen LogP contribution is -2.37. The Labute approximate surface area is 105 Å². The van der Waals surface area contributed by atoms with Crippen molar-refractivity contribution >= 4 is 17.4 Å². The second kappa shape index (κ2) is 5.88. The molecule has 17 heavy (non-hydrogen) atoms. The first-order valence-corrected chi connectivity index (χ1v) is 6.52. The van der Waals surface area contributed by atoms with E-state index >= 15 is 0 Å². The van der Waals surface area contributed by atoms with Gasteiger partial charge in [0.2, 0.25) is 0 Å². The van der Waals surface area contributed by atoms with Crippen molar-refractivity contribution in [3.05, 3.63) is 22.7 Å². The van der Waals surface area contributed by atoms with Crippen LogP contribution in [-0.2, 0) is 0 Å². The molecule has 5 nitrogen and oxygen atoms in total. The van der Waals surface area contributed by atoms with Gasteiger partial charge in [-0.05, 0) is 24.9 Å². The van der Waals surface area contributed by atoms with E-state index in [-0.39, 0.29) is 5.91 Å². The van der Waals surface area contributed by atoms with E-state index in [0.29, 0.717) is 12.2 Å². The molecule has 0 fully saturated rings. The van der Waals surface area contributed by atoms with Crippen LogP contribution in [0.4, 0.5) is 0 Å². The van der Waals surface area contributed by atoms with Crippen molar-refractivity contribution in [3.63, 3.8) is 0 Å². The van der Waals surface area contributed by atoms with Crippen LogP contribution in [0.25, 0.3) is 0 Å². The Balaban J connectivity index is 1.68. The Morgan fingerprint density at radius 3 is 3.18 bits per heavy atom. The molecule has 6 heteroatoms. The van der Waals surface area contributed by atoms with Crippen LogP contribution in [0.5, 0.6) is 0 Å². The summed E-state index contributed by atoms with van der Waals surface area (Å²) in [6, 6.07) is 0. The molecule has 1 aliphatic heterocycles. The van der Waals surface area contributed by atoms with E-state index in [1.807, 2.05) is 0 Å². The monoisotopic (exact) mass is 252 g/mol. The number of aromatic nitrogens is 2. The number of nitrogens with one attached hydrogen (secondary N) is 1. The topological polar surface area (TPSA) is 58.1 Å². The van der Waals surface area contributed by atoms with Crippen LogP contribution in [0.3, 0.4) is 0 Å². The molecule has 0 aromatic carbocycles. The molecule has 0 saturated heterocycles. The highest BCUT2D eigenvalue weighted by Gasteiger charge is 2.11. The van der Waals surface area contributed by atoms with E-state index in [0.717, 1.165) is 26.1 Å². The van der Waals surface area contributed by atoms with Gasteiger partial charge >= 0.3 is 0 Å². The Hall–Kier alpha value is -1.27. The molecule has 1 amide bonds. The van der Waals surface area contributed by atoms with Crippen LogP contribution in [-0.4, -0.2) is 46.6 Å². The third kappa shape index (κ3) is 3.61. The molecule has 1 aliphatic rings. The lowest BCUT2D eigenvalue weighted by Gasteiger charge is -2.24. The van der Waals surface area contributed by atoms with Crippen molar-refractivity contribution in [1.82, 2.24) is 19.8 Å². The van der Waals surface area contributed by atoms with Crippen molar-refractivity contribution in [1.29, 1.82) is 0 Å². The first kappa shape index (κ1) is 12.2. The van der Waals surface area contributed by atoms with Crippen LogP contribution in [0, 0.1) is 0 Å². The molecule has 1 N–H and O–H groups in total. The molecule has 0 bridgehead atoms.